The predicted molar refractivity (Wildman–Crippen MR) is 72.1 cm³/mol. The molecule has 1 saturated heterocycles. The van der Waals surface area contributed by atoms with E-state index in [1.54, 1.807) is 6.92 Å². The molecule has 0 aromatic heterocycles. The van der Waals surface area contributed by atoms with Crippen molar-refractivity contribution in [2.24, 2.45) is 0 Å². The van der Waals surface area contributed by atoms with Crippen LogP contribution in [-0.4, -0.2) is 69.1 Å². The monoisotopic (exact) mass is 288 g/mol. The third kappa shape index (κ3) is 2.01. The Morgan fingerprint density at radius 2 is 2.00 bits per heavy atom. The molecule has 1 heterocycles. The Morgan fingerprint density at radius 3 is 2.50 bits per heavy atom. The number of nitrogens with one attached hydrogen (secondary N) is 1. The zero-order valence-corrected chi connectivity index (χ0v) is 12.1. The van der Waals surface area contributed by atoms with Crippen molar-refractivity contribution in [3.8, 4) is 0 Å². The van der Waals surface area contributed by atoms with E-state index in [0.717, 1.165) is 19.4 Å². The lowest BCUT2D eigenvalue weighted by molar-refractivity contribution is -0.211. The number of unbranched alkanes of at least 4 members (excludes halogenated alkanes) is 1. The van der Waals surface area contributed by atoms with Crippen LogP contribution in [0.5, 0.6) is 0 Å². The van der Waals surface area contributed by atoms with Gasteiger partial charge in [0, 0.05) is 6.54 Å². The first-order valence-electron chi connectivity index (χ1n) is 6.92. The number of rotatable bonds is 5. The van der Waals surface area contributed by atoms with Crippen LogP contribution in [0.2, 0.25) is 0 Å². The van der Waals surface area contributed by atoms with E-state index < -0.39 is 36.0 Å². The second-order valence-corrected chi connectivity index (χ2v) is 5.72. The van der Waals surface area contributed by atoms with Crippen molar-refractivity contribution >= 4 is 0 Å². The van der Waals surface area contributed by atoms with Crippen LogP contribution in [0.15, 0.2) is 11.5 Å². The van der Waals surface area contributed by atoms with Crippen LogP contribution in [0.1, 0.15) is 26.7 Å². The number of aliphatic hydroxyl groups is 4. The van der Waals surface area contributed by atoms with Crippen molar-refractivity contribution in [2.75, 3.05) is 20.2 Å². The van der Waals surface area contributed by atoms with Gasteiger partial charge in [0.05, 0.1) is 6.61 Å². The largest absolute Gasteiger partial charge is 0.507 e. The number of nitrogens with zero attached hydrogens (tertiary/aromatic N) is 1. The van der Waals surface area contributed by atoms with Crippen LogP contribution in [0.3, 0.4) is 0 Å². The molecule has 0 saturated carbocycles. The van der Waals surface area contributed by atoms with E-state index in [-0.39, 0.29) is 5.76 Å². The van der Waals surface area contributed by atoms with E-state index in [9.17, 15) is 20.4 Å². The lowest BCUT2D eigenvalue weighted by Crippen LogP contribution is -2.55. The topological polar surface area (TPSA) is 105 Å². The quantitative estimate of drug-likeness (QED) is 0.477. The van der Waals surface area contributed by atoms with Gasteiger partial charge in [0.1, 0.15) is 12.1 Å². The molecule has 1 aliphatic carbocycles. The first-order valence-corrected chi connectivity index (χ1v) is 6.92. The molecular weight excluding hydrogens is 264 g/mol. The molecule has 1 fully saturated rings. The highest BCUT2D eigenvalue weighted by atomic mass is 16.6. The summed E-state index contributed by atoms with van der Waals surface area (Å²) >= 11 is 0. The summed E-state index contributed by atoms with van der Waals surface area (Å²) in [6.07, 6.45) is 0.555. The van der Waals surface area contributed by atoms with Crippen molar-refractivity contribution in [1.29, 1.82) is 0 Å². The van der Waals surface area contributed by atoms with Gasteiger partial charge in [0.2, 0.25) is 0 Å². The average molecular weight is 288 g/mol. The summed E-state index contributed by atoms with van der Waals surface area (Å²) in [5, 5.41) is 42.3. The average Bonchev–Trinajstić information content (AvgIpc) is 2.84. The van der Waals surface area contributed by atoms with Crippen LogP contribution in [0.4, 0.5) is 0 Å². The molecule has 7 heteroatoms. The molecule has 20 heavy (non-hydrogen) atoms. The van der Waals surface area contributed by atoms with Crippen molar-refractivity contribution in [3.05, 3.63) is 11.5 Å². The van der Waals surface area contributed by atoms with E-state index in [1.165, 1.54) is 0 Å². The standard InChI is InChI=1S/C13H24N2O5/c1-4-5-6-15(3)12(2)14-10-8(17)9(18)11(19)13(10,7-16)20-12/h10-11,14,16-19H,4-7H2,1-3H3/t10?,11?,12-,13+/m0/s1. The number of ether oxygens (including phenoxy) is 1. The van der Waals surface area contributed by atoms with Crippen molar-refractivity contribution < 1.29 is 25.2 Å². The smallest absolute Gasteiger partial charge is 0.175 e. The molecule has 0 amide bonds. The fourth-order valence-electron chi connectivity index (χ4n) is 2.89. The molecule has 2 unspecified atom stereocenters. The first kappa shape index (κ1) is 15.5. The summed E-state index contributed by atoms with van der Waals surface area (Å²) in [6, 6.07) is -0.837. The van der Waals surface area contributed by atoms with Crippen LogP contribution in [0.25, 0.3) is 0 Å². The minimum atomic E-state index is -1.45. The van der Waals surface area contributed by atoms with Gasteiger partial charge in [-0.05, 0) is 20.4 Å². The van der Waals surface area contributed by atoms with Crippen molar-refractivity contribution in [2.45, 2.75) is 50.3 Å². The molecule has 1 aliphatic heterocycles. The van der Waals surface area contributed by atoms with Crippen molar-refractivity contribution in [1.82, 2.24) is 10.2 Å². The Hall–Kier alpha value is -0.860. The zero-order valence-electron chi connectivity index (χ0n) is 12.1. The number of aliphatic hydroxyl groups excluding tert-OH is 4. The summed E-state index contributed by atoms with van der Waals surface area (Å²) in [5.74, 6) is -1.85. The summed E-state index contributed by atoms with van der Waals surface area (Å²) in [6.45, 7) is 4.10. The van der Waals surface area contributed by atoms with Gasteiger partial charge in [-0.25, -0.2) is 0 Å². The Labute approximate surface area is 118 Å². The molecule has 0 bridgehead atoms. The van der Waals surface area contributed by atoms with E-state index in [0.29, 0.717) is 0 Å². The predicted octanol–water partition coefficient (Wildman–Crippen LogP) is -0.186. The zero-order chi connectivity index (χ0) is 15.1. The Bertz CT molecular complexity index is 416. The minimum absolute atomic E-state index is 0.376. The lowest BCUT2D eigenvalue weighted by atomic mass is 9.95. The molecule has 7 nitrogen and oxygen atoms in total. The van der Waals surface area contributed by atoms with Gasteiger partial charge in [-0.3, -0.25) is 10.2 Å². The lowest BCUT2D eigenvalue weighted by Gasteiger charge is -2.37. The third-order valence-corrected chi connectivity index (χ3v) is 4.37. The van der Waals surface area contributed by atoms with Gasteiger partial charge in [0.25, 0.3) is 0 Å². The van der Waals surface area contributed by atoms with Gasteiger partial charge in [-0.15, -0.1) is 0 Å². The first-order chi connectivity index (χ1) is 9.32. The highest BCUT2D eigenvalue weighted by Crippen LogP contribution is 2.44. The maximum absolute atomic E-state index is 10.1. The van der Waals surface area contributed by atoms with Gasteiger partial charge in [-0.1, -0.05) is 13.3 Å². The van der Waals surface area contributed by atoms with Gasteiger partial charge >= 0.3 is 0 Å². The second kappa shape index (κ2) is 5.16. The molecule has 0 aromatic carbocycles. The normalized spacial score (nSPS) is 40.7. The maximum Gasteiger partial charge on any atom is 0.175 e. The highest BCUT2D eigenvalue weighted by molar-refractivity contribution is 5.32. The Balaban J connectivity index is 2.25. The van der Waals surface area contributed by atoms with Gasteiger partial charge in [0.15, 0.2) is 23.0 Å². The third-order valence-electron chi connectivity index (χ3n) is 4.37. The van der Waals surface area contributed by atoms with E-state index in [4.69, 9.17) is 4.74 Å². The van der Waals surface area contributed by atoms with E-state index in [2.05, 4.69) is 12.2 Å². The number of hydrogen-bond acceptors (Lipinski definition) is 7. The number of fused-ring (bicyclic) bond motifs is 1. The van der Waals surface area contributed by atoms with Crippen molar-refractivity contribution in [3.63, 3.8) is 0 Å². The maximum atomic E-state index is 10.1. The SMILES string of the molecule is CCCCN(C)[C@]1(C)NC2C(O)=C(O)C(O)[C@]2(CO)O1. The fraction of sp³-hybridized carbons (Fsp3) is 0.846. The fourth-order valence-corrected chi connectivity index (χ4v) is 2.89. The van der Waals surface area contributed by atoms with Gasteiger partial charge < -0.3 is 25.2 Å². The Morgan fingerprint density at radius 1 is 1.35 bits per heavy atom. The van der Waals surface area contributed by atoms with Crippen LogP contribution < -0.4 is 5.32 Å². The molecule has 0 radical (unpaired) electrons. The van der Waals surface area contributed by atoms with E-state index in [1.807, 2.05) is 11.9 Å². The van der Waals surface area contributed by atoms with E-state index >= 15 is 0 Å². The molecule has 2 aliphatic rings. The molecule has 0 spiro atoms. The second-order valence-electron chi connectivity index (χ2n) is 5.72. The van der Waals surface area contributed by atoms with Crippen LogP contribution in [-0.2, 0) is 4.74 Å². The highest BCUT2D eigenvalue weighted by Gasteiger charge is 2.65. The minimum Gasteiger partial charge on any atom is -0.507 e. The van der Waals surface area contributed by atoms with Gasteiger partial charge in [-0.2, -0.15) is 0 Å². The van der Waals surface area contributed by atoms with Crippen LogP contribution in [0, 0.1) is 0 Å². The molecule has 2 rings (SSSR count). The molecule has 4 atom stereocenters. The summed E-state index contributed by atoms with van der Waals surface area (Å²) in [7, 11) is 1.86. The van der Waals surface area contributed by atoms with Crippen LogP contribution >= 0.6 is 0 Å². The molecule has 0 aromatic rings. The number of hydrogen-bond donors (Lipinski definition) is 5. The molecule has 116 valence electrons. The summed E-state index contributed by atoms with van der Waals surface area (Å²) in [5.41, 5.74) is -1.45. The molecular formula is C13H24N2O5. The Kier molecular flexibility index (Phi) is 4.01. The summed E-state index contributed by atoms with van der Waals surface area (Å²) in [4.78, 5) is 1.92. The molecule has 5 N–H and O–H groups in total. The summed E-state index contributed by atoms with van der Waals surface area (Å²) < 4.78 is 5.87.